The monoisotopic (exact) mass is 298 g/mol. The minimum Gasteiger partial charge on any atom is -0.444 e. The van der Waals surface area contributed by atoms with Crippen molar-refractivity contribution in [2.75, 3.05) is 5.32 Å². The van der Waals surface area contributed by atoms with Crippen molar-refractivity contribution in [3.05, 3.63) is 29.3 Å². The standard InChI is InChI=1S/C14H19ClN2O3/c1-9(16-13(19)20-14(2,3)4)12(18)17-11-8-6-5-7-10(11)15/h5-9H,1-4H3,(H,16,19)(H,17,18)/t9-/m0/s1. The Labute approximate surface area is 123 Å². The third-order valence-corrected chi connectivity index (χ3v) is 2.59. The van der Waals surface area contributed by atoms with Crippen LogP contribution >= 0.6 is 11.6 Å². The van der Waals surface area contributed by atoms with Gasteiger partial charge in [0.25, 0.3) is 0 Å². The predicted molar refractivity (Wildman–Crippen MR) is 78.9 cm³/mol. The molecule has 0 aromatic heterocycles. The predicted octanol–water partition coefficient (Wildman–Crippen LogP) is 3.19. The van der Waals surface area contributed by atoms with E-state index in [-0.39, 0.29) is 5.91 Å². The first kappa shape index (κ1) is 16.3. The van der Waals surface area contributed by atoms with Gasteiger partial charge in [-0.1, -0.05) is 23.7 Å². The summed E-state index contributed by atoms with van der Waals surface area (Å²) < 4.78 is 5.08. The van der Waals surface area contributed by atoms with Gasteiger partial charge in [0.15, 0.2) is 0 Å². The fraction of sp³-hybridized carbons (Fsp3) is 0.429. The molecule has 5 nitrogen and oxygen atoms in total. The molecule has 6 heteroatoms. The van der Waals surface area contributed by atoms with Gasteiger partial charge in [-0.3, -0.25) is 4.79 Å². The van der Waals surface area contributed by atoms with Crippen LogP contribution in [-0.2, 0) is 9.53 Å². The Kier molecular flexibility index (Phi) is 5.39. The van der Waals surface area contributed by atoms with Gasteiger partial charge in [0.1, 0.15) is 11.6 Å². The van der Waals surface area contributed by atoms with Crippen LogP contribution in [0.1, 0.15) is 27.7 Å². The Balaban J connectivity index is 2.56. The summed E-state index contributed by atoms with van der Waals surface area (Å²) >= 11 is 5.94. The van der Waals surface area contributed by atoms with E-state index in [4.69, 9.17) is 16.3 Å². The van der Waals surface area contributed by atoms with Crippen LogP contribution in [0.5, 0.6) is 0 Å². The second-order valence-corrected chi connectivity index (χ2v) is 5.74. The zero-order valence-electron chi connectivity index (χ0n) is 12.0. The van der Waals surface area contributed by atoms with Crippen molar-refractivity contribution in [3.8, 4) is 0 Å². The van der Waals surface area contributed by atoms with Crippen molar-refractivity contribution in [2.24, 2.45) is 0 Å². The summed E-state index contributed by atoms with van der Waals surface area (Å²) in [6, 6.07) is 6.14. The normalized spacial score (nSPS) is 12.4. The molecule has 0 aliphatic carbocycles. The molecule has 1 aromatic rings. The van der Waals surface area contributed by atoms with Gasteiger partial charge < -0.3 is 15.4 Å². The van der Waals surface area contributed by atoms with Gasteiger partial charge in [-0.2, -0.15) is 0 Å². The van der Waals surface area contributed by atoms with Gasteiger partial charge in [0, 0.05) is 0 Å². The fourth-order valence-corrected chi connectivity index (χ4v) is 1.54. The van der Waals surface area contributed by atoms with Crippen molar-refractivity contribution < 1.29 is 14.3 Å². The summed E-state index contributed by atoms with van der Waals surface area (Å²) in [5.41, 5.74) is -0.111. The molecule has 0 saturated carbocycles. The number of para-hydroxylation sites is 1. The van der Waals surface area contributed by atoms with E-state index in [1.165, 1.54) is 0 Å². The average Bonchev–Trinajstić information content (AvgIpc) is 2.29. The first-order chi connectivity index (χ1) is 9.19. The number of nitrogens with one attached hydrogen (secondary N) is 2. The highest BCUT2D eigenvalue weighted by Gasteiger charge is 2.21. The van der Waals surface area contributed by atoms with Crippen LogP contribution in [0, 0.1) is 0 Å². The van der Waals surface area contributed by atoms with E-state index in [9.17, 15) is 9.59 Å². The third kappa shape index (κ3) is 5.48. The molecule has 0 heterocycles. The Morgan fingerprint density at radius 2 is 1.85 bits per heavy atom. The smallest absolute Gasteiger partial charge is 0.408 e. The van der Waals surface area contributed by atoms with Crippen LogP contribution in [0.25, 0.3) is 0 Å². The maximum Gasteiger partial charge on any atom is 0.408 e. The molecule has 0 aliphatic heterocycles. The number of halogens is 1. The van der Waals surface area contributed by atoms with E-state index in [2.05, 4.69) is 10.6 Å². The topological polar surface area (TPSA) is 67.4 Å². The molecule has 0 saturated heterocycles. The first-order valence-electron chi connectivity index (χ1n) is 6.24. The number of amides is 2. The maximum atomic E-state index is 11.9. The van der Waals surface area contributed by atoms with Gasteiger partial charge in [0.2, 0.25) is 5.91 Å². The second kappa shape index (κ2) is 6.61. The van der Waals surface area contributed by atoms with E-state index in [0.29, 0.717) is 10.7 Å². The molecule has 1 rings (SSSR count). The van der Waals surface area contributed by atoms with Crippen LogP contribution in [0.3, 0.4) is 0 Å². The zero-order valence-corrected chi connectivity index (χ0v) is 12.7. The summed E-state index contributed by atoms with van der Waals surface area (Å²) in [4.78, 5) is 23.5. The van der Waals surface area contributed by atoms with Gasteiger partial charge in [-0.25, -0.2) is 4.79 Å². The molecular weight excluding hydrogens is 280 g/mol. The van der Waals surface area contributed by atoms with Crippen molar-refractivity contribution >= 4 is 29.3 Å². The third-order valence-electron chi connectivity index (χ3n) is 2.26. The Bertz CT molecular complexity index is 497. The van der Waals surface area contributed by atoms with Gasteiger partial charge in [0.05, 0.1) is 10.7 Å². The van der Waals surface area contributed by atoms with Crippen molar-refractivity contribution in [1.82, 2.24) is 5.32 Å². The van der Waals surface area contributed by atoms with Crippen LogP contribution < -0.4 is 10.6 Å². The molecule has 2 N–H and O–H groups in total. The molecule has 110 valence electrons. The molecule has 0 spiro atoms. The fourth-order valence-electron chi connectivity index (χ4n) is 1.35. The first-order valence-corrected chi connectivity index (χ1v) is 6.62. The Hall–Kier alpha value is -1.75. The molecule has 0 bridgehead atoms. The van der Waals surface area contributed by atoms with E-state index in [1.807, 2.05) is 0 Å². The van der Waals surface area contributed by atoms with Gasteiger partial charge >= 0.3 is 6.09 Å². The number of ether oxygens (including phenoxy) is 1. The number of carbonyl (C=O) groups is 2. The number of alkyl carbamates (subject to hydrolysis) is 1. The number of benzene rings is 1. The van der Waals surface area contributed by atoms with E-state index in [1.54, 1.807) is 52.0 Å². The SMILES string of the molecule is C[C@H](NC(=O)OC(C)(C)C)C(=O)Nc1ccccc1Cl. The highest BCUT2D eigenvalue weighted by Crippen LogP contribution is 2.20. The van der Waals surface area contributed by atoms with Gasteiger partial charge in [-0.05, 0) is 39.8 Å². The van der Waals surface area contributed by atoms with Crippen LogP contribution in [-0.4, -0.2) is 23.6 Å². The van der Waals surface area contributed by atoms with Crippen LogP contribution in [0.15, 0.2) is 24.3 Å². The van der Waals surface area contributed by atoms with Gasteiger partial charge in [-0.15, -0.1) is 0 Å². The minimum absolute atomic E-state index is 0.371. The Morgan fingerprint density at radius 1 is 1.25 bits per heavy atom. The molecule has 0 radical (unpaired) electrons. The number of anilines is 1. The molecule has 0 unspecified atom stereocenters. The van der Waals surface area contributed by atoms with Crippen molar-refractivity contribution in [2.45, 2.75) is 39.3 Å². The zero-order chi connectivity index (χ0) is 15.3. The number of rotatable bonds is 3. The number of carbonyl (C=O) groups excluding carboxylic acids is 2. The molecule has 0 aliphatic rings. The Morgan fingerprint density at radius 3 is 2.40 bits per heavy atom. The average molecular weight is 299 g/mol. The van der Waals surface area contributed by atoms with Crippen molar-refractivity contribution in [3.63, 3.8) is 0 Å². The highest BCUT2D eigenvalue weighted by molar-refractivity contribution is 6.33. The van der Waals surface area contributed by atoms with E-state index in [0.717, 1.165) is 0 Å². The molecule has 2 amide bonds. The molecule has 20 heavy (non-hydrogen) atoms. The molecule has 1 atom stereocenters. The largest absolute Gasteiger partial charge is 0.444 e. The summed E-state index contributed by atoms with van der Waals surface area (Å²) in [7, 11) is 0. The molecule has 0 fully saturated rings. The van der Waals surface area contributed by atoms with Crippen molar-refractivity contribution in [1.29, 1.82) is 0 Å². The van der Waals surface area contributed by atoms with E-state index < -0.39 is 17.7 Å². The van der Waals surface area contributed by atoms with Crippen LogP contribution in [0.4, 0.5) is 10.5 Å². The molecule has 1 aromatic carbocycles. The lowest BCUT2D eigenvalue weighted by Crippen LogP contribution is -2.44. The lowest BCUT2D eigenvalue weighted by atomic mass is 10.2. The summed E-state index contributed by atoms with van der Waals surface area (Å²) in [5.74, 6) is -0.371. The lowest BCUT2D eigenvalue weighted by molar-refractivity contribution is -0.117. The van der Waals surface area contributed by atoms with E-state index >= 15 is 0 Å². The molecular formula is C14H19ClN2O3. The number of hydrogen-bond donors (Lipinski definition) is 2. The summed E-state index contributed by atoms with van der Waals surface area (Å²) in [6.07, 6.45) is -0.640. The lowest BCUT2D eigenvalue weighted by Gasteiger charge is -2.21. The van der Waals surface area contributed by atoms with Crippen LogP contribution in [0.2, 0.25) is 5.02 Å². The highest BCUT2D eigenvalue weighted by atomic mass is 35.5. The second-order valence-electron chi connectivity index (χ2n) is 5.34. The number of hydrogen-bond acceptors (Lipinski definition) is 3. The minimum atomic E-state index is -0.735. The summed E-state index contributed by atoms with van der Waals surface area (Å²) in [5, 5.41) is 5.53. The summed E-state index contributed by atoms with van der Waals surface area (Å²) in [6.45, 7) is 6.82. The maximum absolute atomic E-state index is 11.9. The quantitative estimate of drug-likeness (QED) is 0.900.